The fourth-order valence-electron chi connectivity index (χ4n) is 1.64. The van der Waals surface area contributed by atoms with Gasteiger partial charge in [-0.05, 0) is 31.6 Å². The summed E-state index contributed by atoms with van der Waals surface area (Å²) in [4.78, 5) is 0. The number of nitrogens with zero attached hydrogens (tertiary/aromatic N) is 1. The van der Waals surface area contributed by atoms with Gasteiger partial charge in [0.2, 0.25) is 0 Å². The van der Waals surface area contributed by atoms with Gasteiger partial charge in [0.05, 0.1) is 12.2 Å². The van der Waals surface area contributed by atoms with E-state index in [1.165, 1.54) is 0 Å². The number of rotatable bonds is 3. The van der Waals surface area contributed by atoms with Crippen LogP contribution in [0.4, 0.5) is 0 Å². The predicted octanol–water partition coefficient (Wildman–Crippen LogP) is 1.08. The van der Waals surface area contributed by atoms with Crippen LogP contribution in [0, 0.1) is 17.2 Å². The molecule has 0 aromatic heterocycles. The van der Waals surface area contributed by atoms with Crippen molar-refractivity contribution in [2.45, 2.75) is 31.8 Å². The molecule has 0 unspecified atom stereocenters. The maximum absolute atomic E-state index is 8.86. The summed E-state index contributed by atoms with van der Waals surface area (Å²) in [6.07, 6.45) is 4.31. The summed E-state index contributed by atoms with van der Waals surface area (Å²) >= 11 is 0. The number of hydrogen-bond donors (Lipinski definition) is 1. The van der Waals surface area contributed by atoms with E-state index in [1.807, 2.05) is 6.07 Å². The molecule has 0 aromatic rings. The van der Waals surface area contributed by atoms with Gasteiger partial charge in [0.25, 0.3) is 0 Å². The van der Waals surface area contributed by atoms with Gasteiger partial charge in [-0.1, -0.05) is 0 Å². The molecule has 0 radical (unpaired) electrons. The Morgan fingerprint density at radius 2 is 2.00 bits per heavy atom. The van der Waals surface area contributed by atoms with Crippen molar-refractivity contribution in [3.8, 4) is 6.07 Å². The quantitative estimate of drug-likeness (QED) is 0.687. The molecule has 68 valence electrons. The number of hydrogen-bond acceptors (Lipinski definition) is 3. The highest BCUT2D eigenvalue weighted by Gasteiger charge is 2.20. The van der Waals surface area contributed by atoms with Gasteiger partial charge in [-0.3, -0.25) is 0 Å². The molecular formula is C9H15NO2. The molecule has 1 rings (SSSR count). The Balaban J connectivity index is 2.14. The zero-order valence-electron chi connectivity index (χ0n) is 7.20. The minimum Gasteiger partial charge on any atom is -0.396 e. The second-order valence-electron chi connectivity index (χ2n) is 3.29. The van der Waals surface area contributed by atoms with Gasteiger partial charge < -0.3 is 9.84 Å². The Hall–Kier alpha value is -0.590. The van der Waals surface area contributed by atoms with E-state index in [9.17, 15) is 0 Å². The summed E-state index contributed by atoms with van der Waals surface area (Å²) in [5, 5.41) is 17.1. The van der Waals surface area contributed by atoms with Crippen molar-refractivity contribution < 1.29 is 9.84 Å². The molecule has 1 saturated carbocycles. The third-order valence-electron chi connectivity index (χ3n) is 2.44. The first-order valence-electron chi connectivity index (χ1n) is 4.46. The van der Waals surface area contributed by atoms with Crippen LogP contribution in [0.3, 0.4) is 0 Å². The molecule has 3 heteroatoms. The zero-order valence-corrected chi connectivity index (χ0v) is 7.20. The molecule has 0 amide bonds. The molecule has 0 saturated heterocycles. The Morgan fingerprint density at radius 1 is 1.33 bits per heavy atom. The molecular weight excluding hydrogens is 154 g/mol. The Morgan fingerprint density at radius 3 is 2.50 bits per heavy atom. The molecule has 0 spiro atoms. The van der Waals surface area contributed by atoms with Crippen molar-refractivity contribution in [1.29, 1.82) is 5.26 Å². The second kappa shape index (κ2) is 5.13. The topological polar surface area (TPSA) is 53.2 Å². The monoisotopic (exact) mass is 169 g/mol. The van der Waals surface area contributed by atoms with Crippen molar-refractivity contribution in [2.24, 2.45) is 5.92 Å². The molecule has 0 bridgehead atoms. The normalized spacial score (nSPS) is 29.7. The van der Waals surface area contributed by atoms with Crippen LogP contribution in [0.15, 0.2) is 0 Å². The Bertz CT molecular complexity index is 156. The highest BCUT2D eigenvalue weighted by molar-refractivity contribution is 4.75. The van der Waals surface area contributed by atoms with E-state index in [0.29, 0.717) is 12.5 Å². The molecule has 1 fully saturated rings. The van der Waals surface area contributed by atoms with E-state index in [2.05, 4.69) is 0 Å². The summed E-state index contributed by atoms with van der Waals surface area (Å²) in [5.74, 6) is 0.465. The van der Waals surface area contributed by atoms with Crippen LogP contribution in [0.5, 0.6) is 0 Å². The summed E-state index contributed by atoms with van der Waals surface area (Å²) in [6, 6.07) is 1.97. The van der Waals surface area contributed by atoms with Crippen molar-refractivity contribution in [3.63, 3.8) is 0 Å². The molecule has 0 aromatic carbocycles. The van der Waals surface area contributed by atoms with Gasteiger partial charge in [-0.15, -0.1) is 0 Å². The molecule has 12 heavy (non-hydrogen) atoms. The average molecular weight is 169 g/mol. The third-order valence-corrected chi connectivity index (χ3v) is 2.44. The van der Waals surface area contributed by atoms with Crippen LogP contribution >= 0.6 is 0 Å². The van der Waals surface area contributed by atoms with E-state index in [1.54, 1.807) is 0 Å². The van der Waals surface area contributed by atoms with Crippen molar-refractivity contribution in [3.05, 3.63) is 0 Å². The second-order valence-corrected chi connectivity index (χ2v) is 3.29. The number of aliphatic hydroxyl groups excluding tert-OH is 1. The van der Waals surface area contributed by atoms with Gasteiger partial charge >= 0.3 is 0 Å². The maximum Gasteiger partial charge on any atom is 0.134 e. The summed E-state index contributed by atoms with van der Waals surface area (Å²) in [7, 11) is 0. The lowest BCUT2D eigenvalue weighted by atomic mass is 9.88. The van der Waals surface area contributed by atoms with Gasteiger partial charge in [0.15, 0.2) is 0 Å². The van der Waals surface area contributed by atoms with Crippen molar-refractivity contribution >= 4 is 0 Å². The first kappa shape index (κ1) is 9.50. The van der Waals surface area contributed by atoms with Crippen LogP contribution in [0.25, 0.3) is 0 Å². The minimum atomic E-state index is 0.203. The fraction of sp³-hybridized carbons (Fsp3) is 0.889. The van der Waals surface area contributed by atoms with Gasteiger partial charge in [0, 0.05) is 6.61 Å². The van der Waals surface area contributed by atoms with Crippen molar-refractivity contribution in [2.75, 3.05) is 13.2 Å². The molecule has 0 atom stereocenters. The average Bonchev–Trinajstić information content (AvgIpc) is 2.15. The smallest absolute Gasteiger partial charge is 0.134 e. The van der Waals surface area contributed by atoms with Crippen molar-refractivity contribution in [1.82, 2.24) is 0 Å². The third kappa shape index (κ3) is 2.80. The summed E-state index contributed by atoms with van der Waals surface area (Å²) < 4.78 is 5.28. The SMILES string of the molecule is N#CCOC1CCC(CO)CC1. The molecule has 1 aliphatic rings. The van der Waals surface area contributed by atoms with E-state index >= 15 is 0 Å². The van der Waals surface area contributed by atoms with Gasteiger partial charge in [-0.2, -0.15) is 5.26 Å². The maximum atomic E-state index is 8.86. The lowest BCUT2D eigenvalue weighted by Crippen LogP contribution is -2.23. The van der Waals surface area contributed by atoms with Crippen LogP contribution in [-0.4, -0.2) is 24.4 Å². The molecule has 0 aliphatic heterocycles. The van der Waals surface area contributed by atoms with Crippen LogP contribution in [0.1, 0.15) is 25.7 Å². The van der Waals surface area contributed by atoms with E-state index in [-0.39, 0.29) is 12.7 Å². The Kier molecular flexibility index (Phi) is 4.06. The molecule has 1 aliphatic carbocycles. The highest BCUT2D eigenvalue weighted by Crippen LogP contribution is 2.25. The number of ether oxygens (including phenoxy) is 1. The highest BCUT2D eigenvalue weighted by atomic mass is 16.5. The number of nitriles is 1. The molecule has 1 N–H and O–H groups in total. The lowest BCUT2D eigenvalue weighted by molar-refractivity contribution is 0.0283. The molecule has 0 heterocycles. The summed E-state index contributed by atoms with van der Waals surface area (Å²) in [6.45, 7) is 0.499. The van der Waals surface area contributed by atoms with Crippen LogP contribution in [-0.2, 0) is 4.74 Å². The van der Waals surface area contributed by atoms with Crippen LogP contribution < -0.4 is 0 Å². The first-order valence-corrected chi connectivity index (χ1v) is 4.46. The number of aliphatic hydroxyl groups is 1. The van der Waals surface area contributed by atoms with E-state index in [4.69, 9.17) is 15.1 Å². The zero-order chi connectivity index (χ0) is 8.81. The van der Waals surface area contributed by atoms with Crippen LogP contribution in [0.2, 0.25) is 0 Å². The van der Waals surface area contributed by atoms with E-state index in [0.717, 1.165) is 25.7 Å². The predicted molar refractivity (Wildman–Crippen MR) is 44.4 cm³/mol. The standard InChI is InChI=1S/C9H15NO2/c10-5-6-12-9-3-1-8(7-11)2-4-9/h8-9,11H,1-4,6-7H2. The fourth-order valence-corrected chi connectivity index (χ4v) is 1.64. The van der Waals surface area contributed by atoms with E-state index < -0.39 is 0 Å². The molecule has 3 nitrogen and oxygen atoms in total. The Labute approximate surface area is 73.0 Å². The summed E-state index contributed by atoms with van der Waals surface area (Å²) in [5.41, 5.74) is 0. The lowest BCUT2D eigenvalue weighted by Gasteiger charge is -2.26. The van der Waals surface area contributed by atoms with Gasteiger partial charge in [0.1, 0.15) is 6.61 Å². The van der Waals surface area contributed by atoms with Gasteiger partial charge in [-0.25, -0.2) is 0 Å². The first-order chi connectivity index (χ1) is 5.86. The largest absolute Gasteiger partial charge is 0.396 e. The minimum absolute atomic E-state index is 0.203.